The molecule has 6 heteroatoms. The summed E-state index contributed by atoms with van der Waals surface area (Å²) in [7, 11) is 0. The van der Waals surface area contributed by atoms with Crippen LogP contribution in [0.15, 0.2) is 36.5 Å². The molecule has 0 fully saturated rings. The summed E-state index contributed by atoms with van der Waals surface area (Å²) in [5.74, 6) is -0.0756. The molecule has 0 aromatic rings. The molecule has 0 aliphatic rings. The Labute approximate surface area is 417 Å². The number of allylic oxidation sites excluding steroid dienone is 5. The highest BCUT2D eigenvalue weighted by atomic mass is 16.5. The molecule has 0 aromatic carbocycles. The van der Waals surface area contributed by atoms with E-state index in [2.05, 4.69) is 43.5 Å². The van der Waals surface area contributed by atoms with E-state index in [1.807, 2.05) is 6.08 Å². The van der Waals surface area contributed by atoms with E-state index in [-0.39, 0.29) is 18.5 Å². The Morgan fingerprint density at radius 1 is 0.418 bits per heavy atom. The number of aliphatic hydroxyl groups excluding tert-OH is 2. The molecule has 0 rings (SSSR count). The molecule has 6 nitrogen and oxygen atoms in total. The summed E-state index contributed by atoms with van der Waals surface area (Å²) in [4.78, 5) is 24.5. The standard InChI is InChI=1S/C61H115NO5/c1-3-5-7-9-11-13-15-17-19-20-23-27-31-35-39-43-47-51-55-61(66)67-56-52-48-44-40-36-32-28-24-21-22-26-30-34-38-42-46-50-54-60(65)62-58(57-63)59(64)53-49-45-41-37-33-29-25-18-16-14-12-10-8-6-4-2/h13,15,19-20,49,53,58-59,63-64H,3-12,14,16-18,21-48,50-52,54-57H2,1-2H3,(H,62,65)/b15-13-,20-19-,53-49+. The van der Waals surface area contributed by atoms with E-state index in [0.717, 1.165) is 51.4 Å². The van der Waals surface area contributed by atoms with Crippen LogP contribution >= 0.6 is 0 Å². The van der Waals surface area contributed by atoms with E-state index >= 15 is 0 Å². The normalized spacial score (nSPS) is 12.8. The number of aliphatic hydroxyl groups is 2. The summed E-state index contributed by atoms with van der Waals surface area (Å²) in [6.45, 7) is 4.88. The maximum absolute atomic E-state index is 12.5. The molecule has 0 radical (unpaired) electrons. The zero-order valence-corrected chi connectivity index (χ0v) is 44.9. The lowest BCUT2D eigenvalue weighted by Crippen LogP contribution is -2.45. The molecule has 0 spiro atoms. The molecule has 394 valence electrons. The van der Waals surface area contributed by atoms with Crippen LogP contribution < -0.4 is 5.32 Å². The molecule has 1 amide bonds. The third kappa shape index (κ3) is 53.3. The number of amides is 1. The van der Waals surface area contributed by atoms with Crippen LogP contribution in [-0.2, 0) is 14.3 Å². The Balaban J connectivity index is 3.44. The zero-order valence-electron chi connectivity index (χ0n) is 44.9. The molecule has 67 heavy (non-hydrogen) atoms. The van der Waals surface area contributed by atoms with Gasteiger partial charge >= 0.3 is 5.97 Å². The van der Waals surface area contributed by atoms with E-state index < -0.39 is 12.1 Å². The Hall–Kier alpha value is -1.92. The summed E-state index contributed by atoms with van der Waals surface area (Å²) >= 11 is 0. The maximum atomic E-state index is 12.5. The predicted molar refractivity (Wildman–Crippen MR) is 292 cm³/mol. The number of esters is 1. The molecule has 0 aliphatic heterocycles. The summed E-state index contributed by atoms with van der Waals surface area (Å²) in [6.07, 6.45) is 70.2. The molecule has 2 atom stereocenters. The summed E-state index contributed by atoms with van der Waals surface area (Å²) in [5.41, 5.74) is 0. The molecule has 0 aliphatic carbocycles. The largest absolute Gasteiger partial charge is 0.466 e. The minimum absolute atomic E-state index is 0.00290. The second-order valence-electron chi connectivity index (χ2n) is 20.3. The lowest BCUT2D eigenvalue weighted by Gasteiger charge is -2.20. The average molecular weight is 943 g/mol. The highest BCUT2D eigenvalue weighted by Gasteiger charge is 2.18. The second-order valence-corrected chi connectivity index (χ2v) is 20.3. The molecule has 0 bridgehead atoms. The van der Waals surface area contributed by atoms with Gasteiger partial charge in [-0.2, -0.15) is 0 Å². The van der Waals surface area contributed by atoms with E-state index in [4.69, 9.17) is 4.74 Å². The van der Waals surface area contributed by atoms with Crippen molar-refractivity contribution >= 4 is 11.9 Å². The van der Waals surface area contributed by atoms with Crippen molar-refractivity contribution in [2.24, 2.45) is 0 Å². The van der Waals surface area contributed by atoms with Crippen molar-refractivity contribution in [2.45, 2.75) is 328 Å². The summed E-state index contributed by atoms with van der Waals surface area (Å²) in [6, 6.07) is -0.632. The molecule has 2 unspecified atom stereocenters. The van der Waals surface area contributed by atoms with E-state index in [9.17, 15) is 19.8 Å². The van der Waals surface area contributed by atoms with Crippen LogP contribution in [0.25, 0.3) is 0 Å². The third-order valence-corrected chi connectivity index (χ3v) is 13.7. The fraction of sp³-hybridized carbons (Fsp3) is 0.869. The molecule has 0 heterocycles. The van der Waals surface area contributed by atoms with E-state index in [1.54, 1.807) is 6.08 Å². The van der Waals surface area contributed by atoms with Gasteiger partial charge in [0.1, 0.15) is 0 Å². The molecule has 3 N–H and O–H groups in total. The van der Waals surface area contributed by atoms with Crippen molar-refractivity contribution in [2.75, 3.05) is 13.2 Å². The predicted octanol–water partition coefficient (Wildman–Crippen LogP) is 18.4. The summed E-state index contributed by atoms with van der Waals surface area (Å²) < 4.78 is 5.49. The van der Waals surface area contributed by atoms with Crippen molar-refractivity contribution in [3.05, 3.63) is 36.5 Å². The van der Waals surface area contributed by atoms with Crippen molar-refractivity contribution in [3.63, 3.8) is 0 Å². The van der Waals surface area contributed by atoms with Crippen molar-refractivity contribution in [1.82, 2.24) is 5.32 Å². The van der Waals surface area contributed by atoms with Gasteiger partial charge in [0.05, 0.1) is 25.4 Å². The molecule has 0 saturated carbocycles. The first-order chi connectivity index (χ1) is 33.0. The minimum Gasteiger partial charge on any atom is -0.466 e. The molecular formula is C61H115NO5. The van der Waals surface area contributed by atoms with Crippen LogP contribution in [0.5, 0.6) is 0 Å². The Morgan fingerprint density at radius 3 is 1.15 bits per heavy atom. The SMILES string of the molecule is CCCCCC/C=C\C/C=C\CCCCCCCCCC(=O)OCCCCCCCCCCCCCCCCCCCC(=O)NC(CO)C(O)/C=C/CCCCCCCCCCCCCCC. The van der Waals surface area contributed by atoms with Crippen LogP contribution in [-0.4, -0.2) is 47.4 Å². The number of carbonyl (C=O) groups excluding carboxylic acids is 2. The van der Waals surface area contributed by atoms with Crippen molar-refractivity contribution in [3.8, 4) is 0 Å². The first kappa shape index (κ1) is 65.1. The molecule has 0 saturated heterocycles. The zero-order chi connectivity index (χ0) is 48.6. The lowest BCUT2D eigenvalue weighted by molar-refractivity contribution is -0.143. The van der Waals surface area contributed by atoms with Gasteiger partial charge in [-0.25, -0.2) is 0 Å². The van der Waals surface area contributed by atoms with E-state index in [0.29, 0.717) is 19.4 Å². The second kappa shape index (κ2) is 56.7. The number of carbonyl (C=O) groups is 2. The fourth-order valence-corrected chi connectivity index (χ4v) is 9.08. The Kier molecular flexibility index (Phi) is 55.0. The van der Waals surface area contributed by atoms with Gasteiger partial charge in [-0.3, -0.25) is 9.59 Å². The minimum atomic E-state index is -0.848. The van der Waals surface area contributed by atoms with Gasteiger partial charge in [-0.1, -0.05) is 275 Å². The van der Waals surface area contributed by atoms with Crippen LogP contribution in [0.3, 0.4) is 0 Å². The van der Waals surface area contributed by atoms with Crippen LogP contribution in [0.4, 0.5) is 0 Å². The topological polar surface area (TPSA) is 95.9 Å². The third-order valence-electron chi connectivity index (χ3n) is 13.7. The number of hydrogen-bond acceptors (Lipinski definition) is 5. The van der Waals surface area contributed by atoms with Gasteiger partial charge in [0.15, 0.2) is 0 Å². The summed E-state index contributed by atoms with van der Waals surface area (Å²) in [5, 5.41) is 23.1. The van der Waals surface area contributed by atoms with Crippen LogP contribution in [0, 0.1) is 0 Å². The first-order valence-electron chi connectivity index (χ1n) is 29.8. The van der Waals surface area contributed by atoms with E-state index in [1.165, 1.54) is 238 Å². The van der Waals surface area contributed by atoms with Gasteiger partial charge in [0.2, 0.25) is 5.91 Å². The van der Waals surface area contributed by atoms with Crippen molar-refractivity contribution < 1.29 is 24.5 Å². The highest BCUT2D eigenvalue weighted by molar-refractivity contribution is 5.76. The van der Waals surface area contributed by atoms with Gasteiger partial charge in [-0.15, -0.1) is 0 Å². The van der Waals surface area contributed by atoms with Crippen LogP contribution in [0.2, 0.25) is 0 Å². The smallest absolute Gasteiger partial charge is 0.305 e. The van der Waals surface area contributed by atoms with Gasteiger partial charge < -0.3 is 20.3 Å². The molecule has 0 aromatic heterocycles. The number of unbranched alkanes of at least 4 members (excludes halogenated alkanes) is 40. The van der Waals surface area contributed by atoms with Crippen LogP contribution in [0.1, 0.15) is 316 Å². The Morgan fingerprint density at radius 2 is 0.746 bits per heavy atom. The van der Waals surface area contributed by atoms with Gasteiger partial charge in [0.25, 0.3) is 0 Å². The first-order valence-corrected chi connectivity index (χ1v) is 29.8. The van der Waals surface area contributed by atoms with Gasteiger partial charge in [0, 0.05) is 12.8 Å². The Bertz CT molecular complexity index is 1090. The number of ether oxygens (including phenoxy) is 1. The maximum Gasteiger partial charge on any atom is 0.305 e. The lowest BCUT2D eigenvalue weighted by atomic mass is 10.0. The monoisotopic (exact) mass is 942 g/mol. The average Bonchev–Trinajstić information content (AvgIpc) is 3.33. The quantitative estimate of drug-likeness (QED) is 0.0321. The fourth-order valence-electron chi connectivity index (χ4n) is 9.08. The number of hydrogen-bond donors (Lipinski definition) is 3. The number of nitrogens with one attached hydrogen (secondary N) is 1. The molecular weight excluding hydrogens is 827 g/mol. The number of rotatable bonds is 55. The van der Waals surface area contributed by atoms with Crippen molar-refractivity contribution in [1.29, 1.82) is 0 Å². The highest BCUT2D eigenvalue weighted by Crippen LogP contribution is 2.17. The van der Waals surface area contributed by atoms with Gasteiger partial charge in [-0.05, 0) is 64.2 Å².